The number of amides is 2. The second kappa shape index (κ2) is 7.78. The lowest BCUT2D eigenvalue weighted by molar-refractivity contribution is -0.147. The lowest BCUT2D eigenvalue weighted by Gasteiger charge is -2.47. The Balaban J connectivity index is 1.67. The fourth-order valence-corrected chi connectivity index (χ4v) is 5.95. The quantitative estimate of drug-likeness (QED) is 0.593. The largest absolute Gasteiger partial charge is 0.481 e. The maximum atomic E-state index is 13.5. The van der Waals surface area contributed by atoms with E-state index in [-0.39, 0.29) is 24.2 Å². The molecule has 2 heterocycles. The molecule has 3 N–H and O–H groups in total. The fraction of sp³-hybridized carbons (Fsp3) is 0.375. The molecule has 2 aromatic rings. The van der Waals surface area contributed by atoms with E-state index in [1.165, 1.54) is 0 Å². The first-order valence-corrected chi connectivity index (χ1v) is 11.5. The minimum absolute atomic E-state index is 0.0574. The van der Waals surface area contributed by atoms with Gasteiger partial charge in [0.05, 0.1) is 6.42 Å². The van der Waals surface area contributed by atoms with Crippen LogP contribution in [0.15, 0.2) is 42.5 Å². The standard InChI is InChI=1S/C24H22Cl2N2O4/c25-15-3-1-2-13(8-15)21(12-4-5-12)18-9-14(10-20(29)30)22(31)28-24(18)17-7-6-16(26)11-19(17)27-23(24)32/h1-3,6-8,11-12,14,18,21H,4-5,9-10H2,(H,27,32)(H,28,31)(H,29,30)/t14-,18-,21?,24-/m1/s1. The lowest BCUT2D eigenvalue weighted by Crippen LogP contribution is -2.62. The van der Waals surface area contributed by atoms with Crippen LogP contribution in [0.5, 0.6) is 0 Å². The van der Waals surface area contributed by atoms with E-state index in [2.05, 4.69) is 10.6 Å². The lowest BCUT2D eigenvalue weighted by atomic mass is 9.62. The molecule has 2 aliphatic heterocycles. The Hall–Kier alpha value is -2.57. The van der Waals surface area contributed by atoms with E-state index in [0.717, 1.165) is 18.4 Å². The summed E-state index contributed by atoms with van der Waals surface area (Å²) in [6.07, 6.45) is 2.04. The van der Waals surface area contributed by atoms with Crippen LogP contribution >= 0.6 is 23.2 Å². The summed E-state index contributed by atoms with van der Waals surface area (Å²) in [6, 6.07) is 12.8. The molecule has 0 aromatic heterocycles. The van der Waals surface area contributed by atoms with Gasteiger partial charge in [-0.1, -0.05) is 41.4 Å². The normalized spacial score (nSPS) is 27.6. The average Bonchev–Trinajstić information content (AvgIpc) is 3.51. The summed E-state index contributed by atoms with van der Waals surface area (Å²) in [6.45, 7) is 0. The van der Waals surface area contributed by atoms with Gasteiger partial charge in [0, 0.05) is 33.1 Å². The number of fused-ring (bicyclic) bond motifs is 2. The van der Waals surface area contributed by atoms with Crippen LogP contribution in [0, 0.1) is 17.8 Å². The zero-order chi connectivity index (χ0) is 22.6. The Morgan fingerprint density at radius 3 is 2.56 bits per heavy atom. The van der Waals surface area contributed by atoms with Crippen LogP contribution in [0.4, 0.5) is 5.69 Å². The maximum absolute atomic E-state index is 13.5. The molecule has 2 amide bonds. The minimum Gasteiger partial charge on any atom is -0.481 e. The molecule has 1 saturated carbocycles. The summed E-state index contributed by atoms with van der Waals surface area (Å²) in [7, 11) is 0. The van der Waals surface area contributed by atoms with Gasteiger partial charge >= 0.3 is 5.97 Å². The number of piperidine rings is 1. The highest BCUT2D eigenvalue weighted by atomic mass is 35.5. The molecule has 5 rings (SSSR count). The van der Waals surface area contributed by atoms with Gasteiger partial charge in [-0.25, -0.2) is 0 Å². The zero-order valence-electron chi connectivity index (χ0n) is 17.1. The summed E-state index contributed by atoms with van der Waals surface area (Å²) >= 11 is 12.5. The van der Waals surface area contributed by atoms with Crippen LogP contribution in [0.3, 0.4) is 0 Å². The van der Waals surface area contributed by atoms with Gasteiger partial charge in [0.15, 0.2) is 5.54 Å². The molecule has 0 bridgehead atoms. The number of hydrogen-bond acceptors (Lipinski definition) is 3. The Labute approximate surface area is 195 Å². The summed E-state index contributed by atoms with van der Waals surface area (Å²) in [5, 5.41) is 16.4. The van der Waals surface area contributed by atoms with Gasteiger partial charge in [-0.15, -0.1) is 0 Å². The molecular weight excluding hydrogens is 451 g/mol. The molecule has 1 unspecified atom stereocenters. The predicted octanol–water partition coefficient (Wildman–Crippen LogP) is 4.56. The molecule has 2 aromatic carbocycles. The summed E-state index contributed by atoms with van der Waals surface area (Å²) in [4.78, 5) is 38.1. The zero-order valence-corrected chi connectivity index (χ0v) is 18.6. The van der Waals surface area contributed by atoms with E-state index in [1.807, 2.05) is 18.2 Å². The van der Waals surface area contributed by atoms with Crippen molar-refractivity contribution in [3.63, 3.8) is 0 Å². The van der Waals surface area contributed by atoms with Gasteiger partial charge in [-0.3, -0.25) is 14.4 Å². The topological polar surface area (TPSA) is 95.5 Å². The number of carbonyl (C=O) groups is 3. The first kappa shape index (κ1) is 21.3. The molecule has 3 aliphatic rings. The van der Waals surface area contributed by atoms with Crippen LogP contribution in [0.1, 0.15) is 42.7 Å². The first-order valence-electron chi connectivity index (χ1n) is 10.7. The van der Waals surface area contributed by atoms with Crippen molar-refractivity contribution in [1.29, 1.82) is 0 Å². The van der Waals surface area contributed by atoms with E-state index in [4.69, 9.17) is 23.2 Å². The molecule has 166 valence electrons. The van der Waals surface area contributed by atoms with Gasteiger partial charge in [-0.05, 0) is 60.9 Å². The Kier molecular flexibility index (Phi) is 5.18. The number of carboxylic acids is 1. The van der Waals surface area contributed by atoms with E-state index in [1.54, 1.807) is 24.3 Å². The number of nitrogens with one attached hydrogen (secondary N) is 2. The Bertz CT molecular complexity index is 1130. The van der Waals surface area contributed by atoms with Crippen LogP contribution in [0.25, 0.3) is 0 Å². The Morgan fingerprint density at radius 2 is 1.88 bits per heavy atom. The second-order valence-electron chi connectivity index (χ2n) is 9.00. The molecule has 2 fully saturated rings. The van der Waals surface area contributed by atoms with Crippen molar-refractivity contribution in [2.45, 2.75) is 37.1 Å². The van der Waals surface area contributed by atoms with Crippen molar-refractivity contribution < 1.29 is 19.5 Å². The van der Waals surface area contributed by atoms with Crippen molar-refractivity contribution in [2.75, 3.05) is 5.32 Å². The van der Waals surface area contributed by atoms with Gasteiger partial charge in [0.25, 0.3) is 5.91 Å². The van der Waals surface area contributed by atoms with E-state index in [0.29, 0.717) is 33.6 Å². The third-order valence-electron chi connectivity index (χ3n) is 7.02. The molecule has 4 atom stereocenters. The van der Waals surface area contributed by atoms with Crippen molar-refractivity contribution in [3.8, 4) is 0 Å². The third kappa shape index (κ3) is 3.46. The molecule has 32 heavy (non-hydrogen) atoms. The molecule has 1 saturated heterocycles. The van der Waals surface area contributed by atoms with Crippen LogP contribution in [-0.2, 0) is 19.9 Å². The molecule has 8 heteroatoms. The molecule has 1 aliphatic carbocycles. The third-order valence-corrected chi connectivity index (χ3v) is 7.49. The number of halogens is 2. The first-order chi connectivity index (χ1) is 15.3. The van der Waals surface area contributed by atoms with Crippen molar-refractivity contribution in [3.05, 3.63) is 63.6 Å². The van der Waals surface area contributed by atoms with Crippen LogP contribution in [-0.4, -0.2) is 22.9 Å². The highest BCUT2D eigenvalue weighted by molar-refractivity contribution is 6.31. The van der Waals surface area contributed by atoms with Crippen molar-refractivity contribution >= 4 is 46.7 Å². The Morgan fingerprint density at radius 1 is 1.12 bits per heavy atom. The highest BCUT2D eigenvalue weighted by Crippen LogP contribution is 2.57. The molecular formula is C24H22Cl2N2O4. The highest BCUT2D eigenvalue weighted by Gasteiger charge is 2.61. The monoisotopic (exact) mass is 472 g/mol. The number of carbonyl (C=O) groups excluding carboxylic acids is 2. The number of hydrogen-bond donors (Lipinski definition) is 3. The molecule has 1 spiro atoms. The number of rotatable bonds is 5. The second-order valence-corrected chi connectivity index (χ2v) is 9.87. The van der Waals surface area contributed by atoms with E-state index < -0.39 is 23.3 Å². The summed E-state index contributed by atoms with van der Waals surface area (Å²) in [5.41, 5.74) is 0.961. The number of benzene rings is 2. The smallest absolute Gasteiger partial charge is 0.304 e. The van der Waals surface area contributed by atoms with Gasteiger partial charge in [0.2, 0.25) is 5.91 Å². The van der Waals surface area contributed by atoms with E-state index in [9.17, 15) is 19.5 Å². The van der Waals surface area contributed by atoms with Crippen LogP contribution < -0.4 is 10.6 Å². The number of carboxylic acid groups (broad SMARTS) is 1. The van der Waals surface area contributed by atoms with Gasteiger partial charge in [-0.2, -0.15) is 0 Å². The molecule has 6 nitrogen and oxygen atoms in total. The molecule has 0 radical (unpaired) electrons. The summed E-state index contributed by atoms with van der Waals surface area (Å²) in [5.74, 6) is -2.53. The van der Waals surface area contributed by atoms with Gasteiger partial charge < -0.3 is 15.7 Å². The maximum Gasteiger partial charge on any atom is 0.304 e. The van der Waals surface area contributed by atoms with Crippen molar-refractivity contribution in [2.24, 2.45) is 17.8 Å². The summed E-state index contributed by atoms with van der Waals surface area (Å²) < 4.78 is 0. The van der Waals surface area contributed by atoms with Crippen LogP contribution in [0.2, 0.25) is 10.0 Å². The minimum atomic E-state index is -1.29. The SMILES string of the molecule is O=C(O)C[C@H]1C[C@H](C(c2cccc(Cl)c2)C2CC2)[C@@]2(NC1=O)C(=O)Nc1cc(Cl)ccc12. The number of aliphatic carboxylic acids is 1. The van der Waals surface area contributed by atoms with E-state index >= 15 is 0 Å². The van der Waals surface area contributed by atoms with Crippen molar-refractivity contribution in [1.82, 2.24) is 5.32 Å². The predicted molar refractivity (Wildman–Crippen MR) is 121 cm³/mol. The fourth-order valence-electron chi connectivity index (χ4n) is 5.58. The van der Waals surface area contributed by atoms with Gasteiger partial charge in [0.1, 0.15) is 0 Å². The average molecular weight is 473 g/mol. The number of anilines is 1.